The lowest BCUT2D eigenvalue weighted by molar-refractivity contribution is -0.106. The number of nitrogens with zero attached hydrogens (tertiary/aromatic N) is 2. The third kappa shape index (κ3) is 2.72. The van der Waals surface area contributed by atoms with Crippen molar-refractivity contribution in [2.45, 2.75) is 38.8 Å². The molecule has 3 heteroatoms. The van der Waals surface area contributed by atoms with E-state index in [1.54, 1.807) is 0 Å². The summed E-state index contributed by atoms with van der Waals surface area (Å²) in [6.45, 7) is 6.53. The lowest BCUT2D eigenvalue weighted by atomic mass is 9.88. The van der Waals surface area contributed by atoms with Crippen LogP contribution in [0.4, 0.5) is 0 Å². The largest absolute Gasteiger partial charge is 0.387 e. The second-order valence-corrected chi connectivity index (χ2v) is 5.37. The number of likely N-dealkylation sites (tertiary alicyclic amines) is 1. The Morgan fingerprint density at radius 2 is 2.17 bits per heavy atom. The lowest BCUT2D eigenvalue weighted by Crippen LogP contribution is -2.61. The number of rotatable bonds is 4. The van der Waals surface area contributed by atoms with Gasteiger partial charge in [0.1, 0.15) is 0 Å². The zero-order valence-corrected chi connectivity index (χ0v) is 11.1. The van der Waals surface area contributed by atoms with Gasteiger partial charge in [0.05, 0.1) is 17.2 Å². The van der Waals surface area contributed by atoms with Gasteiger partial charge < -0.3 is 5.11 Å². The Labute approximate surface area is 109 Å². The summed E-state index contributed by atoms with van der Waals surface area (Å²) < 4.78 is 0. The molecule has 1 aliphatic heterocycles. The highest BCUT2D eigenvalue weighted by molar-refractivity contribution is 5.37. The zero-order chi connectivity index (χ0) is 13.2. The van der Waals surface area contributed by atoms with E-state index in [2.05, 4.69) is 17.9 Å². The number of aryl methyl sites for hydroxylation is 1. The van der Waals surface area contributed by atoms with E-state index < -0.39 is 5.60 Å². The van der Waals surface area contributed by atoms with Gasteiger partial charge >= 0.3 is 0 Å². The molecule has 0 atom stereocenters. The Hall–Kier alpha value is -1.37. The molecule has 0 spiro atoms. The van der Waals surface area contributed by atoms with Crippen LogP contribution in [-0.2, 0) is 6.54 Å². The number of hydrogen-bond acceptors (Lipinski definition) is 3. The van der Waals surface area contributed by atoms with Crippen LogP contribution in [0, 0.1) is 18.3 Å². The molecule has 0 aliphatic carbocycles. The molecule has 1 aromatic carbocycles. The van der Waals surface area contributed by atoms with Crippen LogP contribution in [0.1, 0.15) is 36.5 Å². The summed E-state index contributed by atoms with van der Waals surface area (Å²) in [5.41, 5.74) is 2.64. The quantitative estimate of drug-likeness (QED) is 0.883. The van der Waals surface area contributed by atoms with Crippen molar-refractivity contribution in [1.82, 2.24) is 4.90 Å². The first-order chi connectivity index (χ1) is 8.56. The van der Waals surface area contributed by atoms with Crippen LogP contribution in [0.15, 0.2) is 18.2 Å². The summed E-state index contributed by atoms with van der Waals surface area (Å²) in [5, 5.41) is 19.0. The highest BCUT2D eigenvalue weighted by Crippen LogP contribution is 2.27. The summed E-state index contributed by atoms with van der Waals surface area (Å²) in [6.07, 6.45) is 1.91. The average Bonchev–Trinajstić information content (AvgIpc) is 2.30. The first-order valence-electron chi connectivity index (χ1n) is 6.51. The van der Waals surface area contributed by atoms with Crippen LogP contribution in [0.25, 0.3) is 0 Å². The number of hydrogen-bond donors (Lipinski definition) is 1. The molecule has 1 heterocycles. The van der Waals surface area contributed by atoms with E-state index in [1.807, 2.05) is 25.1 Å². The summed E-state index contributed by atoms with van der Waals surface area (Å²) in [6, 6.07) is 7.96. The maximum Gasteiger partial charge on any atom is 0.0991 e. The molecular weight excluding hydrogens is 224 g/mol. The van der Waals surface area contributed by atoms with Crippen LogP contribution in [0.2, 0.25) is 0 Å². The molecule has 0 radical (unpaired) electrons. The van der Waals surface area contributed by atoms with Crippen LogP contribution >= 0.6 is 0 Å². The smallest absolute Gasteiger partial charge is 0.0991 e. The molecule has 3 nitrogen and oxygen atoms in total. The minimum Gasteiger partial charge on any atom is -0.387 e. The monoisotopic (exact) mass is 244 g/mol. The van der Waals surface area contributed by atoms with Crippen molar-refractivity contribution in [3.05, 3.63) is 34.9 Å². The first-order valence-corrected chi connectivity index (χ1v) is 6.51. The molecule has 1 saturated heterocycles. The normalized spacial score (nSPS) is 18.1. The maximum atomic E-state index is 10.1. The van der Waals surface area contributed by atoms with Crippen molar-refractivity contribution >= 4 is 0 Å². The molecule has 1 fully saturated rings. The Balaban J connectivity index is 1.95. The van der Waals surface area contributed by atoms with Gasteiger partial charge in [-0.1, -0.05) is 19.4 Å². The standard InChI is InChI=1S/C15H20N2O/c1-3-6-15(18)10-17(11-15)9-14-5-4-13(8-16)7-12(14)2/h4-5,7,18H,3,6,9-11H2,1-2H3. The van der Waals surface area contributed by atoms with Gasteiger partial charge in [-0.3, -0.25) is 4.90 Å². The molecule has 96 valence electrons. The van der Waals surface area contributed by atoms with E-state index in [9.17, 15) is 5.11 Å². The summed E-state index contributed by atoms with van der Waals surface area (Å²) in [5.74, 6) is 0. The van der Waals surface area contributed by atoms with Crippen LogP contribution in [0.3, 0.4) is 0 Å². The van der Waals surface area contributed by atoms with E-state index >= 15 is 0 Å². The average molecular weight is 244 g/mol. The zero-order valence-electron chi connectivity index (χ0n) is 11.1. The minimum absolute atomic E-state index is 0.463. The molecule has 18 heavy (non-hydrogen) atoms. The SMILES string of the molecule is CCCC1(O)CN(Cc2ccc(C#N)cc2C)C1. The summed E-state index contributed by atoms with van der Waals surface area (Å²) in [7, 11) is 0. The van der Waals surface area contributed by atoms with Gasteiger partial charge in [0, 0.05) is 19.6 Å². The fourth-order valence-corrected chi connectivity index (χ4v) is 2.71. The van der Waals surface area contributed by atoms with Gasteiger partial charge in [-0.15, -0.1) is 0 Å². The third-order valence-corrected chi connectivity index (χ3v) is 3.62. The molecule has 1 N–H and O–H groups in total. The summed E-state index contributed by atoms with van der Waals surface area (Å²) in [4.78, 5) is 2.25. The molecule has 0 amide bonds. The predicted molar refractivity (Wildman–Crippen MR) is 71.0 cm³/mol. The van der Waals surface area contributed by atoms with Crippen molar-refractivity contribution in [1.29, 1.82) is 5.26 Å². The number of aliphatic hydroxyl groups is 1. The lowest BCUT2D eigenvalue weighted by Gasteiger charge is -2.46. The van der Waals surface area contributed by atoms with Gasteiger partial charge in [0.25, 0.3) is 0 Å². The van der Waals surface area contributed by atoms with E-state index in [-0.39, 0.29) is 0 Å². The predicted octanol–water partition coefficient (Wildman–Crippen LogP) is 2.21. The van der Waals surface area contributed by atoms with Gasteiger partial charge in [-0.05, 0) is 36.6 Å². The molecular formula is C15H20N2O. The van der Waals surface area contributed by atoms with Gasteiger partial charge in [0.2, 0.25) is 0 Å². The maximum absolute atomic E-state index is 10.1. The molecule has 1 aromatic rings. The molecule has 1 aliphatic rings. The highest BCUT2D eigenvalue weighted by atomic mass is 16.3. The van der Waals surface area contributed by atoms with Crippen molar-refractivity contribution in [2.75, 3.05) is 13.1 Å². The molecule has 0 bridgehead atoms. The van der Waals surface area contributed by atoms with E-state index in [4.69, 9.17) is 5.26 Å². The van der Waals surface area contributed by atoms with Crippen LogP contribution in [-0.4, -0.2) is 28.7 Å². The fourth-order valence-electron chi connectivity index (χ4n) is 2.71. The topological polar surface area (TPSA) is 47.3 Å². The van der Waals surface area contributed by atoms with E-state index in [0.717, 1.165) is 38.0 Å². The summed E-state index contributed by atoms with van der Waals surface area (Å²) >= 11 is 0. The van der Waals surface area contributed by atoms with Crippen molar-refractivity contribution in [3.8, 4) is 6.07 Å². The molecule has 2 rings (SSSR count). The van der Waals surface area contributed by atoms with Crippen molar-refractivity contribution in [2.24, 2.45) is 0 Å². The minimum atomic E-state index is -0.463. The second kappa shape index (κ2) is 5.09. The third-order valence-electron chi connectivity index (χ3n) is 3.62. The number of nitriles is 1. The Kier molecular flexibility index (Phi) is 3.70. The van der Waals surface area contributed by atoms with Crippen LogP contribution in [0.5, 0.6) is 0 Å². The van der Waals surface area contributed by atoms with Gasteiger partial charge in [-0.2, -0.15) is 5.26 Å². The van der Waals surface area contributed by atoms with Gasteiger partial charge in [0.15, 0.2) is 0 Å². The van der Waals surface area contributed by atoms with Crippen LogP contribution < -0.4 is 0 Å². The number of benzene rings is 1. The van der Waals surface area contributed by atoms with Crippen molar-refractivity contribution < 1.29 is 5.11 Å². The Morgan fingerprint density at radius 3 is 2.72 bits per heavy atom. The first kappa shape index (κ1) is 13.1. The molecule has 0 unspecified atom stereocenters. The van der Waals surface area contributed by atoms with E-state index in [1.165, 1.54) is 5.56 Å². The second-order valence-electron chi connectivity index (χ2n) is 5.37. The Morgan fingerprint density at radius 1 is 1.44 bits per heavy atom. The van der Waals surface area contributed by atoms with Crippen molar-refractivity contribution in [3.63, 3.8) is 0 Å². The molecule has 0 aromatic heterocycles. The van der Waals surface area contributed by atoms with E-state index in [0.29, 0.717) is 5.56 Å². The molecule has 0 saturated carbocycles. The fraction of sp³-hybridized carbons (Fsp3) is 0.533. The highest BCUT2D eigenvalue weighted by Gasteiger charge is 2.39. The number of β-amino-alcohol motifs (C(OH)–C–C–N with tert-alkyl or cyclic N) is 1. The van der Waals surface area contributed by atoms with Gasteiger partial charge in [-0.25, -0.2) is 0 Å². The Bertz CT molecular complexity index is 470.